The Balaban J connectivity index is 1.64. The zero-order valence-electron chi connectivity index (χ0n) is 17.5. The Morgan fingerprint density at radius 1 is 1.23 bits per heavy atom. The number of hydrogen-bond acceptors (Lipinski definition) is 8. The van der Waals surface area contributed by atoms with Gasteiger partial charge >= 0.3 is 0 Å². The molecule has 1 aliphatic rings. The highest BCUT2D eigenvalue weighted by molar-refractivity contribution is 14.1. The molecule has 1 saturated heterocycles. The predicted octanol–water partition coefficient (Wildman–Crippen LogP) is 4.04. The maximum absolute atomic E-state index is 13.2. The summed E-state index contributed by atoms with van der Waals surface area (Å²) in [7, 11) is 3.19. The molecule has 3 N–H and O–H groups in total. The van der Waals surface area contributed by atoms with Crippen molar-refractivity contribution in [2.24, 2.45) is 0 Å². The summed E-state index contributed by atoms with van der Waals surface area (Å²) in [4.78, 5) is 22.1. The highest BCUT2D eigenvalue weighted by Crippen LogP contribution is 2.38. The largest absolute Gasteiger partial charge is 0.496 e. The van der Waals surface area contributed by atoms with Crippen LogP contribution < -0.4 is 25.4 Å². The molecule has 164 valence electrons. The van der Waals surface area contributed by atoms with Crippen molar-refractivity contribution >= 4 is 61.6 Å². The molecule has 4 rings (SSSR count). The van der Waals surface area contributed by atoms with E-state index in [1.165, 1.54) is 17.7 Å². The van der Waals surface area contributed by atoms with Gasteiger partial charge in [0.1, 0.15) is 23.6 Å². The number of carbonyl (C=O) groups excluding carboxylic acids is 1. The lowest BCUT2D eigenvalue weighted by atomic mass is 10.1. The number of piperidine rings is 1. The second-order valence-electron chi connectivity index (χ2n) is 7.27. The first-order valence-corrected chi connectivity index (χ1v) is 11.9. The lowest BCUT2D eigenvalue weighted by Crippen LogP contribution is -2.35. The van der Waals surface area contributed by atoms with Crippen molar-refractivity contribution in [3.8, 4) is 11.5 Å². The van der Waals surface area contributed by atoms with Gasteiger partial charge in [-0.25, -0.2) is 9.97 Å². The number of nitrogens with zero attached hydrogens (tertiary/aromatic N) is 2. The van der Waals surface area contributed by atoms with Gasteiger partial charge in [-0.1, -0.05) is 0 Å². The van der Waals surface area contributed by atoms with Crippen LogP contribution in [-0.2, 0) is 0 Å². The van der Waals surface area contributed by atoms with Crippen LogP contribution in [0.2, 0.25) is 0 Å². The molecule has 0 saturated carbocycles. The van der Waals surface area contributed by atoms with Gasteiger partial charge in [0.25, 0.3) is 5.91 Å². The number of thiophene rings is 1. The highest BCUT2D eigenvalue weighted by atomic mass is 127. The predicted molar refractivity (Wildman–Crippen MR) is 132 cm³/mol. The Kier molecular flexibility index (Phi) is 6.77. The zero-order valence-corrected chi connectivity index (χ0v) is 20.5. The number of benzene rings is 1. The Morgan fingerprint density at radius 3 is 2.68 bits per heavy atom. The minimum Gasteiger partial charge on any atom is -0.496 e. The summed E-state index contributed by atoms with van der Waals surface area (Å²) in [5.41, 5.74) is 2.68. The minimum absolute atomic E-state index is 0.228. The molecule has 0 radical (unpaired) electrons. The van der Waals surface area contributed by atoms with E-state index in [0.29, 0.717) is 34.3 Å². The molecule has 0 unspecified atom stereocenters. The van der Waals surface area contributed by atoms with E-state index in [1.54, 1.807) is 14.2 Å². The molecule has 10 heteroatoms. The summed E-state index contributed by atoms with van der Waals surface area (Å²) in [6.07, 6.45) is 3.60. The number of halogens is 1. The second kappa shape index (κ2) is 9.53. The summed E-state index contributed by atoms with van der Waals surface area (Å²) in [5.74, 6) is 1.85. The molecule has 0 atom stereocenters. The molecule has 3 aromatic rings. The third-order valence-electron chi connectivity index (χ3n) is 5.40. The van der Waals surface area contributed by atoms with Crippen LogP contribution in [0.1, 0.15) is 28.8 Å². The molecule has 0 aliphatic carbocycles. The van der Waals surface area contributed by atoms with E-state index < -0.39 is 0 Å². The van der Waals surface area contributed by atoms with Crippen molar-refractivity contribution in [2.75, 3.05) is 37.9 Å². The summed E-state index contributed by atoms with van der Waals surface area (Å²) < 4.78 is 12.6. The van der Waals surface area contributed by atoms with Crippen LogP contribution >= 0.6 is 33.9 Å². The quantitative estimate of drug-likeness (QED) is 0.397. The number of methoxy groups -OCH3 is 2. The van der Waals surface area contributed by atoms with E-state index in [4.69, 9.17) is 9.47 Å². The molecular weight excluding hydrogens is 529 g/mol. The van der Waals surface area contributed by atoms with Gasteiger partial charge in [-0.15, -0.1) is 11.3 Å². The molecule has 1 amide bonds. The fraction of sp³-hybridized carbons (Fsp3) is 0.381. The molecule has 3 heterocycles. The number of rotatable bonds is 6. The average molecular weight is 553 g/mol. The number of fused-ring (bicyclic) bond motifs is 1. The first-order chi connectivity index (χ1) is 15.0. The number of ether oxygens (including phenoxy) is 2. The van der Waals surface area contributed by atoms with Gasteiger partial charge in [-0.2, -0.15) is 0 Å². The van der Waals surface area contributed by atoms with Crippen molar-refractivity contribution in [1.82, 2.24) is 15.3 Å². The normalized spacial score (nSPS) is 14.5. The molecule has 1 aliphatic heterocycles. The molecule has 31 heavy (non-hydrogen) atoms. The van der Waals surface area contributed by atoms with Crippen LogP contribution in [0.3, 0.4) is 0 Å². The zero-order chi connectivity index (χ0) is 22.0. The molecule has 2 aromatic heterocycles. The molecule has 0 spiro atoms. The Labute approximate surface area is 198 Å². The number of anilines is 2. The fourth-order valence-electron chi connectivity index (χ4n) is 3.67. The fourth-order valence-corrected chi connectivity index (χ4v) is 5.53. The molecule has 1 fully saturated rings. The maximum Gasteiger partial charge on any atom is 0.258 e. The molecular formula is C21H24IN5O3S. The van der Waals surface area contributed by atoms with Gasteiger partial charge in [-0.3, -0.25) is 4.79 Å². The van der Waals surface area contributed by atoms with Crippen LogP contribution in [0, 0.1) is 10.5 Å². The Morgan fingerprint density at radius 2 is 1.97 bits per heavy atom. The van der Waals surface area contributed by atoms with Gasteiger partial charge in [-0.05, 0) is 55.4 Å². The molecule has 1 aromatic carbocycles. The van der Waals surface area contributed by atoms with Crippen molar-refractivity contribution in [3.63, 3.8) is 0 Å². The van der Waals surface area contributed by atoms with Crippen LogP contribution in [0.25, 0.3) is 10.2 Å². The van der Waals surface area contributed by atoms with Crippen molar-refractivity contribution in [3.05, 3.63) is 32.5 Å². The topological polar surface area (TPSA) is 97.4 Å². The van der Waals surface area contributed by atoms with Crippen LogP contribution in [0.15, 0.2) is 17.8 Å². The summed E-state index contributed by atoms with van der Waals surface area (Å²) >= 11 is 3.65. The third kappa shape index (κ3) is 4.41. The van der Waals surface area contributed by atoms with Gasteiger partial charge in [0, 0.05) is 23.1 Å². The van der Waals surface area contributed by atoms with E-state index in [0.717, 1.165) is 45.6 Å². The van der Waals surface area contributed by atoms with Gasteiger partial charge in [0.2, 0.25) is 0 Å². The smallest absolute Gasteiger partial charge is 0.258 e. The third-order valence-corrected chi connectivity index (χ3v) is 7.45. The highest BCUT2D eigenvalue weighted by Gasteiger charge is 2.22. The summed E-state index contributed by atoms with van der Waals surface area (Å²) in [6.45, 7) is 3.89. The van der Waals surface area contributed by atoms with E-state index >= 15 is 0 Å². The van der Waals surface area contributed by atoms with Gasteiger partial charge in [0.15, 0.2) is 0 Å². The monoisotopic (exact) mass is 553 g/mol. The standard InChI is InChI=1S/C21H24IN5O3S/c1-11-14(29-2)8-15(30-3)16(22)17(11)27-21(28)13-9-31-19-18(13)24-10-25-20(19)26-12-4-6-23-7-5-12/h8-10,12,23H,4-7H2,1-3H3,(H,27,28)(H,24,25,26). The number of carbonyl (C=O) groups is 1. The van der Waals surface area contributed by atoms with Gasteiger partial charge in [0.05, 0.1) is 39.3 Å². The van der Waals surface area contributed by atoms with Gasteiger partial charge < -0.3 is 25.4 Å². The van der Waals surface area contributed by atoms with Crippen molar-refractivity contribution < 1.29 is 14.3 Å². The van der Waals surface area contributed by atoms with E-state index in [2.05, 4.69) is 48.5 Å². The molecule has 0 bridgehead atoms. The van der Waals surface area contributed by atoms with Crippen LogP contribution in [0.5, 0.6) is 11.5 Å². The van der Waals surface area contributed by atoms with E-state index in [9.17, 15) is 4.79 Å². The second-order valence-corrected chi connectivity index (χ2v) is 9.23. The Bertz CT molecular complexity index is 1090. The lowest BCUT2D eigenvalue weighted by molar-refractivity contribution is 0.102. The van der Waals surface area contributed by atoms with E-state index in [-0.39, 0.29) is 5.91 Å². The summed E-state index contributed by atoms with van der Waals surface area (Å²) in [6, 6.07) is 2.19. The van der Waals surface area contributed by atoms with Crippen LogP contribution in [-0.4, -0.2) is 49.2 Å². The number of aromatic nitrogens is 2. The van der Waals surface area contributed by atoms with Crippen molar-refractivity contribution in [2.45, 2.75) is 25.8 Å². The first-order valence-electron chi connectivity index (χ1n) is 9.95. The Hall–Kier alpha value is -2.18. The average Bonchev–Trinajstić information content (AvgIpc) is 3.23. The maximum atomic E-state index is 13.2. The SMILES string of the molecule is COc1cc(OC)c(I)c(NC(=O)c2csc3c(NC4CCNCC4)ncnc23)c1C. The number of hydrogen-bond donors (Lipinski definition) is 3. The minimum atomic E-state index is -0.228. The number of amides is 1. The van der Waals surface area contributed by atoms with E-state index in [1.807, 2.05) is 18.4 Å². The lowest BCUT2D eigenvalue weighted by Gasteiger charge is -2.24. The van der Waals surface area contributed by atoms with Crippen molar-refractivity contribution in [1.29, 1.82) is 0 Å². The molecule has 8 nitrogen and oxygen atoms in total. The van der Waals surface area contributed by atoms with Crippen LogP contribution in [0.4, 0.5) is 11.5 Å². The first kappa shape index (κ1) is 22.0. The number of nitrogens with one attached hydrogen (secondary N) is 3. The summed E-state index contributed by atoms with van der Waals surface area (Å²) in [5, 5.41) is 11.8.